The Morgan fingerprint density at radius 2 is 1.78 bits per heavy atom. The molecular weight excluding hydrogens is 352 g/mol. The molecule has 1 saturated heterocycles. The first kappa shape index (κ1) is 17.7. The standard InChI is InChI=1S/C19H21F2N5O/c20-14-2-4-17-16(12-14)23-19(27)26(17)7-1-6-24-8-10-25(11-9-24)18-5-3-15(21)13-22-18/h2-5,12-13H,1,6-11H2,(H,23,27). The summed E-state index contributed by atoms with van der Waals surface area (Å²) >= 11 is 0. The summed E-state index contributed by atoms with van der Waals surface area (Å²) in [5.74, 6) is 0.116. The number of aromatic amines is 1. The second-order valence-electron chi connectivity index (χ2n) is 6.76. The highest BCUT2D eigenvalue weighted by Gasteiger charge is 2.18. The van der Waals surface area contributed by atoms with Crippen molar-refractivity contribution in [1.29, 1.82) is 0 Å². The van der Waals surface area contributed by atoms with Crippen molar-refractivity contribution in [1.82, 2.24) is 19.4 Å². The molecule has 142 valence electrons. The number of hydrogen-bond acceptors (Lipinski definition) is 4. The molecule has 0 bridgehead atoms. The van der Waals surface area contributed by atoms with Crippen LogP contribution in [0, 0.1) is 11.6 Å². The summed E-state index contributed by atoms with van der Waals surface area (Å²) in [6.45, 7) is 4.94. The van der Waals surface area contributed by atoms with E-state index >= 15 is 0 Å². The molecule has 0 unspecified atom stereocenters. The third-order valence-corrected chi connectivity index (χ3v) is 5.00. The molecule has 0 radical (unpaired) electrons. The number of pyridine rings is 1. The molecule has 6 nitrogen and oxygen atoms in total. The summed E-state index contributed by atoms with van der Waals surface area (Å²) < 4.78 is 27.9. The summed E-state index contributed by atoms with van der Waals surface area (Å²) in [4.78, 5) is 23.4. The molecule has 1 aromatic carbocycles. The number of hydrogen-bond donors (Lipinski definition) is 1. The van der Waals surface area contributed by atoms with E-state index in [1.165, 1.54) is 24.4 Å². The SMILES string of the molecule is O=c1[nH]c2cc(F)ccc2n1CCCN1CCN(c2ccc(F)cn2)CC1. The lowest BCUT2D eigenvalue weighted by molar-refractivity contribution is 0.250. The zero-order valence-corrected chi connectivity index (χ0v) is 14.9. The van der Waals surface area contributed by atoms with Crippen LogP contribution in [0.25, 0.3) is 11.0 Å². The van der Waals surface area contributed by atoms with Crippen LogP contribution in [0.4, 0.5) is 14.6 Å². The maximum atomic E-state index is 13.3. The van der Waals surface area contributed by atoms with Crippen molar-refractivity contribution < 1.29 is 8.78 Å². The van der Waals surface area contributed by atoms with Gasteiger partial charge >= 0.3 is 5.69 Å². The molecule has 3 heterocycles. The normalized spacial score (nSPS) is 15.6. The topological polar surface area (TPSA) is 57.2 Å². The monoisotopic (exact) mass is 373 g/mol. The van der Waals surface area contributed by atoms with Gasteiger partial charge in [0.05, 0.1) is 17.2 Å². The zero-order chi connectivity index (χ0) is 18.8. The van der Waals surface area contributed by atoms with Crippen molar-refractivity contribution in [3.05, 3.63) is 58.6 Å². The third-order valence-electron chi connectivity index (χ3n) is 5.00. The smallest absolute Gasteiger partial charge is 0.326 e. The quantitative estimate of drug-likeness (QED) is 0.745. The van der Waals surface area contributed by atoms with E-state index in [1.54, 1.807) is 16.7 Å². The minimum atomic E-state index is -0.357. The van der Waals surface area contributed by atoms with Crippen LogP contribution in [0.2, 0.25) is 0 Å². The molecule has 1 aliphatic heterocycles. The number of anilines is 1. The summed E-state index contributed by atoms with van der Waals surface area (Å²) in [5, 5.41) is 0. The lowest BCUT2D eigenvalue weighted by atomic mass is 10.2. The van der Waals surface area contributed by atoms with E-state index < -0.39 is 0 Å². The summed E-state index contributed by atoms with van der Waals surface area (Å²) in [7, 11) is 0. The number of piperazine rings is 1. The molecule has 8 heteroatoms. The van der Waals surface area contributed by atoms with Crippen LogP contribution >= 0.6 is 0 Å². The molecule has 3 aromatic rings. The van der Waals surface area contributed by atoms with Crippen molar-refractivity contribution in [3.8, 4) is 0 Å². The lowest BCUT2D eigenvalue weighted by Crippen LogP contribution is -2.47. The Bertz CT molecular complexity index is 974. The van der Waals surface area contributed by atoms with Gasteiger partial charge in [-0.25, -0.2) is 18.6 Å². The van der Waals surface area contributed by atoms with Gasteiger partial charge in [0.25, 0.3) is 0 Å². The van der Waals surface area contributed by atoms with E-state index in [-0.39, 0.29) is 17.3 Å². The molecule has 0 spiro atoms. The number of rotatable bonds is 5. The van der Waals surface area contributed by atoms with E-state index in [0.29, 0.717) is 12.1 Å². The molecular formula is C19H21F2N5O. The van der Waals surface area contributed by atoms with E-state index in [0.717, 1.165) is 50.5 Å². The van der Waals surface area contributed by atoms with E-state index in [4.69, 9.17) is 0 Å². The predicted octanol–water partition coefficient (Wildman–Crippen LogP) is 2.22. The number of aromatic nitrogens is 3. The van der Waals surface area contributed by atoms with Crippen LogP contribution in [0.3, 0.4) is 0 Å². The summed E-state index contributed by atoms with van der Waals surface area (Å²) in [6, 6.07) is 7.48. The lowest BCUT2D eigenvalue weighted by Gasteiger charge is -2.35. The highest BCUT2D eigenvalue weighted by molar-refractivity contribution is 5.75. The predicted molar refractivity (Wildman–Crippen MR) is 100.0 cm³/mol. The fraction of sp³-hybridized carbons (Fsp3) is 0.368. The molecule has 1 aliphatic rings. The Kier molecular flexibility index (Phi) is 4.89. The fourth-order valence-corrected chi connectivity index (χ4v) is 3.57. The number of benzene rings is 1. The summed E-state index contributed by atoms with van der Waals surface area (Å²) in [6.07, 6.45) is 2.07. The number of fused-ring (bicyclic) bond motifs is 1. The number of nitrogens with one attached hydrogen (secondary N) is 1. The van der Waals surface area contributed by atoms with Crippen LogP contribution in [-0.2, 0) is 6.54 Å². The van der Waals surface area contributed by atoms with Gasteiger partial charge in [-0.1, -0.05) is 0 Å². The highest BCUT2D eigenvalue weighted by Crippen LogP contribution is 2.15. The summed E-state index contributed by atoms with van der Waals surface area (Å²) in [5.41, 5.74) is 1.05. The van der Waals surface area contributed by atoms with Gasteiger partial charge in [-0.15, -0.1) is 0 Å². The van der Waals surface area contributed by atoms with Gasteiger partial charge in [-0.3, -0.25) is 9.47 Å². The molecule has 0 aliphatic carbocycles. The van der Waals surface area contributed by atoms with E-state index in [2.05, 4.69) is 19.8 Å². The molecule has 0 amide bonds. The van der Waals surface area contributed by atoms with E-state index in [9.17, 15) is 13.6 Å². The highest BCUT2D eigenvalue weighted by atomic mass is 19.1. The molecule has 27 heavy (non-hydrogen) atoms. The molecule has 4 rings (SSSR count). The van der Waals surface area contributed by atoms with Crippen molar-refractivity contribution in [2.45, 2.75) is 13.0 Å². The van der Waals surface area contributed by atoms with Gasteiger partial charge in [-0.05, 0) is 43.3 Å². The molecule has 2 aromatic heterocycles. The van der Waals surface area contributed by atoms with E-state index in [1.807, 2.05) is 0 Å². The zero-order valence-electron chi connectivity index (χ0n) is 14.9. The Balaban J connectivity index is 1.30. The first-order chi connectivity index (χ1) is 13.1. The number of halogens is 2. The van der Waals surface area contributed by atoms with Crippen LogP contribution < -0.4 is 10.6 Å². The average Bonchev–Trinajstić information content (AvgIpc) is 2.97. The maximum absolute atomic E-state index is 13.3. The maximum Gasteiger partial charge on any atom is 0.326 e. The Hall–Kier alpha value is -2.74. The van der Waals surface area contributed by atoms with Crippen LogP contribution in [0.15, 0.2) is 41.3 Å². The molecule has 1 N–H and O–H groups in total. The second kappa shape index (κ2) is 7.48. The first-order valence-electron chi connectivity index (χ1n) is 9.07. The van der Waals surface area contributed by atoms with Crippen molar-refractivity contribution in [3.63, 3.8) is 0 Å². The minimum absolute atomic E-state index is 0.206. The number of nitrogens with zero attached hydrogens (tertiary/aromatic N) is 4. The van der Waals surface area contributed by atoms with Gasteiger partial charge in [0, 0.05) is 32.7 Å². The van der Waals surface area contributed by atoms with Crippen molar-refractivity contribution >= 4 is 16.9 Å². The molecule has 0 saturated carbocycles. The van der Waals surface area contributed by atoms with Gasteiger partial charge in [0.2, 0.25) is 0 Å². The van der Waals surface area contributed by atoms with Crippen LogP contribution in [-0.4, -0.2) is 52.2 Å². The Morgan fingerprint density at radius 3 is 2.52 bits per heavy atom. The molecule has 1 fully saturated rings. The molecule has 0 atom stereocenters. The van der Waals surface area contributed by atoms with Gasteiger partial charge in [-0.2, -0.15) is 0 Å². The van der Waals surface area contributed by atoms with Gasteiger partial charge in [0.1, 0.15) is 17.5 Å². The Labute approximate surface area is 155 Å². The number of H-pyrrole nitrogens is 1. The van der Waals surface area contributed by atoms with Crippen LogP contribution in [0.1, 0.15) is 6.42 Å². The first-order valence-corrected chi connectivity index (χ1v) is 9.07. The minimum Gasteiger partial charge on any atom is -0.354 e. The largest absolute Gasteiger partial charge is 0.354 e. The van der Waals surface area contributed by atoms with Gasteiger partial charge < -0.3 is 9.88 Å². The van der Waals surface area contributed by atoms with Crippen LogP contribution in [0.5, 0.6) is 0 Å². The number of imidazole rings is 1. The second-order valence-corrected chi connectivity index (χ2v) is 6.76. The van der Waals surface area contributed by atoms with Crippen molar-refractivity contribution in [2.24, 2.45) is 0 Å². The number of aryl methyl sites for hydroxylation is 1. The Morgan fingerprint density at radius 1 is 1.00 bits per heavy atom. The fourth-order valence-electron chi connectivity index (χ4n) is 3.57. The average molecular weight is 373 g/mol. The van der Waals surface area contributed by atoms with Crippen molar-refractivity contribution in [2.75, 3.05) is 37.6 Å². The third kappa shape index (κ3) is 3.85. The van der Waals surface area contributed by atoms with Gasteiger partial charge in [0.15, 0.2) is 0 Å².